The number of carbonyl (C=O) groups is 2. The van der Waals surface area contributed by atoms with Crippen LogP contribution >= 0.6 is 0 Å². The normalized spacial score (nSPS) is 12.6. The van der Waals surface area contributed by atoms with Gasteiger partial charge in [0.1, 0.15) is 18.3 Å². The highest BCUT2D eigenvalue weighted by Gasteiger charge is 2.30. The minimum absolute atomic E-state index is 0.0965. The minimum atomic E-state index is -3.76. The van der Waals surface area contributed by atoms with E-state index in [-0.39, 0.29) is 17.9 Å². The van der Waals surface area contributed by atoms with Gasteiger partial charge in [0.2, 0.25) is 21.8 Å². The molecule has 9 heteroatoms. The topological polar surface area (TPSA) is 96.0 Å². The number of benzene rings is 2. The van der Waals surface area contributed by atoms with Gasteiger partial charge < -0.3 is 15.0 Å². The third kappa shape index (κ3) is 6.96. The predicted molar refractivity (Wildman–Crippen MR) is 134 cm³/mol. The van der Waals surface area contributed by atoms with E-state index in [0.717, 1.165) is 21.7 Å². The Kier molecular flexibility index (Phi) is 8.72. The monoisotopic (exact) mass is 489 g/mol. The zero-order valence-corrected chi connectivity index (χ0v) is 21.8. The van der Waals surface area contributed by atoms with Gasteiger partial charge in [-0.25, -0.2) is 8.42 Å². The number of methoxy groups -OCH3 is 1. The van der Waals surface area contributed by atoms with Crippen LogP contribution in [-0.4, -0.2) is 58.1 Å². The van der Waals surface area contributed by atoms with E-state index in [1.807, 2.05) is 18.2 Å². The van der Waals surface area contributed by atoms with Gasteiger partial charge in [0.15, 0.2) is 0 Å². The summed E-state index contributed by atoms with van der Waals surface area (Å²) in [5, 5.41) is 2.55. The lowest BCUT2D eigenvalue weighted by Gasteiger charge is -2.31. The van der Waals surface area contributed by atoms with Crippen molar-refractivity contribution in [2.24, 2.45) is 0 Å². The van der Waals surface area contributed by atoms with Crippen molar-refractivity contribution >= 4 is 27.5 Å². The Labute approximate surface area is 202 Å². The molecule has 0 radical (unpaired) electrons. The summed E-state index contributed by atoms with van der Waals surface area (Å²) < 4.78 is 31.6. The number of hydrogen-bond acceptors (Lipinski definition) is 5. The van der Waals surface area contributed by atoms with E-state index in [0.29, 0.717) is 11.4 Å². The molecule has 0 spiro atoms. The summed E-state index contributed by atoms with van der Waals surface area (Å²) in [5.74, 6) is -0.227. The highest BCUT2D eigenvalue weighted by atomic mass is 32.2. The first kappa shape index (κ1) is 27.2. The molecule has 2 amide bonds. The lowest BCUT2D eigenvalue weighted by atomic mass is 9.87. The van der Waals surface area contributed by atoms with E-state index >= 15 is 0 Å². The second kappa shape index (κ2) is 10.9. The van der Waals surface area contributed by atoms with Crippen molar-refractivity contribution in [2.75, 3.05) is 31.3 Å². The molecule has 34 heavy (non-hydrogen) atoms. The summed E-state index contributed by atoms with van der Waals surface area (Å²) in [7, 11) is -0.726. The maximum Gasteiger partial charge on any atom is 0.244 e. The summed E-state index contributed by atoms with van der Waals surface area (Å²) in [5.41, 5.74) is 2.09. The van der Waals surface area contributed by atoms with E-state index in [4.69, 9.17) is 4.74 Å². The van der Waals surface area contributed by atoms with Crippen LogP contribution in [0.15, 0.2) is 48.5 Å². The highest BCUT2D eigenvalue weighted by Crippen LogP contribution is 2.26. The Morgan fingerprint density at radius 1 is 1.09 bits per heavy atom. The molecule has 0 aliphatic heterocycles. The van der Waals surface area contributed by atoms with Crippen LogP contribution in [0.5, 0.6) is 5.75 Å². The molecule has 0 aliphatic carbocycles. The number of carbonyl (C=O) groups excluding carboxylic acids is 2. The first-order valence-electron chi connectivity index (χ1n) is 11.0. The minimum Gasteiger partial charge on any atom is -0.497 e. The molecule has 186 valence electrons. The lowest BCUT2D eigenvalue weighted by Crippen LogP contribution is -2.50. The average Bonchev–Trinajstić information content (AvgIpc) is 2.78. The van der Waals surface area contributed by atoms with Crippen molar-refractivity contribution in [2.45, 2.75) is 45.7 Å². The van der Waals surface area contributed by atoms with E-state index in [1.165, 1.54) is 11.9 Å². The molecule has 0 saturated carbocycles. The number of rotatable bonds is 9. The number of nitrogens with one attached hydrogen (secondary N) is 1. The summed E-state index contributed by atoms with van der Waals surface area (Å²) in [4.78, 5) is 27.2. The van der Waals surface area contributed by atoms with Crippen LogP contribution in [-0.2, 0) is 31.6 Å². The Morgan fingerprint density at radius 3 is 2.21 bits per heavy atom. The zero-order chi connectivity index (χ0) is 25.7. The molecule has 0 unspecified atom stereocenters. The Hall–Kier alpha value is -3.07. The molecule has 0 bridgehead atoms. The van der Waals surface area contributed by atoms with Crippen LogP contribution in [0.2, 0.25) is 0 Å². The van der Waals surface area contributed by atoms with Crippen LogP contribution < -0.4 is 14.4 Å². The van der Waals surface area contributed by atoms with Crippen LogP contribution in [0, 0.1) is 0 Å². The van der Waals surface area contributed by atoms with Gasteiger partial charge in [-0.2, -0.15) is 0 Å². The van der Waals surface area contributed by atoms with Crippen LogP contribution in [0.3, 0.4) is 0 Å². The fraction of sp³-hybridized carbons (Fsp3) is 0.440. The fourth-order valence-corrected chi connectivity index (χ4v) is 4.35. The number of anilines is 1. The quantitative estimate of drug-likeness (QED) is 0.584. The van der Waals surface area contributed by atoms with Gasteiger partial charge in [0.05, 0.1) is 19.1 Å². The Bertz CT molecular complexity index is 1110. The molecule has 2 aromatic carbocycles. The molecule has 0 saturated heterocycles. The molecule has 0 aliphatic rings. The van der Waals surface area contributed by atoms with Crippen LogP contribution in [0.1, 0.15) is 38.8 Å². The first-order chi connectivity index (χ1) is 15.8. The van der Waals surface area contributed by atoms with E-state index in [1.54, 1.807) is 44.4 Å². The average molecular weight is 490 g/mol. The van der Waals surface area contributed by atoms with Gasteiger partial charge >= 0.3 is 0 Å². The second-order valence-electron chi connectivity index (χ2n) is 9.23. The summed E-state index contributed by atoms with van der Waals surface area (Å²) in [6.07, 6.45) is 1.06. The van der Waals surface area contributed by atoms with Crippen molar-refractivity contribution in [1.29, 1.82) is 0 Å². The van der Waals surface area contributed by atoms with Crippen molar-refractivity contribution < 1.29 is 22.7 Å². The number of likely N-dealkylation sites (N-methyl/N-ethyl adjacent to an activating group) is 1. The van der Waals surface area contributed by atoms with Crippen LogP contribution in [0.25, 0.3) is 0 Å². The number of ether oxygens (including phenoxy) is 1. The summed E-state index contributed by atoms with van der Waals surface area (Å²) in [6, 6.07) is 13.5. The molecule has 2 aromatic rings. The van der Waals surface area contributed by atoms with E-state index < -0.39 is 28.5 Å². The number of hydrogen-bond donors (Lipinski definition) is 1. The van der Waals surface area contributed by atoms with Gasteiger partial charge in [0.25, 0.3) is 0 Å². The van der Waals surface area contributed by atoms with Crippen LogP contribution in [0.4, 0.5) is 5.69 Å². The molecule has 8 nitrogen and oxygen atoms in total. The van der Waals surface area contributed by atoms with Gasteiger partial charge in [-0.15, -0.1) is 0 Å². The Balaban J connectivity index is 2.39. The van der Waals surface area contributed by atoms with Gasteiger partial charge in [0, 0.05) is 13.6 Å². The fourth-order valence-electron chi connectivity index (χ4n) is 3.50. The van der Waals surface area contributed by atoms with Crippen molar-refractivity contribution in [3.05, 3.63) is 59.7 Å². The molecular weight excluding hydrogens is 454 g/mol. The maximum atomic E-state index is 13.4. The molecule has 1 atom stereocenters. The molecular formula is C25H35N3O5S. The maximum absolute atomic E-state index is 13.4. The van der Waals surface area contributed by atoms with E-state index in [9.17, 15) is 18.0 Å². The standard InChI is InChI=1S/C25H35N3O5S/c1-18(24(30)26-5)27(16-19-9-8-10-22(15-19)33-6)23(29)17-28(34(7,31)32)21-13-11-20(12-14-21)25(2,3)4/h8-15,18H,16-17H2,1-7H3,(H,26,30)/t18-/m1/s1. The summed E-state index contributed by atoms with van der Waals surface area (Å²) in [6.45, 7) is 7.49. The lowest BCUT2D eigenvalue weighted by molar-refractivity contribution is -0.139. The SMILES string of the molecule is CNC(=O)[C@@H](C)N(Cc1cccc(OC)c1)C(=O)CN(c1ccc(C(C)(C)C)cc1)S(C)(=O)=O. The van der Waals surface area contributed by atoms with E-state index in [2.05, 4.69) is 26.1 Å². The smallest absolute Gasteiger partial charge is 0.244 e. The number of amides is 2. The third-order valence-electron chi connectivity index (χ3n) is 5.60. The van der Waals surface area contributed by atoms with Crippen molar-refractivity contribution in [3.63, 3.8) is 0 Å². The van der Waals surface area contributed by atoms with Gasteiger partial charge in [-0.05, 0) is 47.7 Å². The molecule has 2 rings (SSSR count). The zero-order valence-electron chi connectivity index (χ0n) is 21.0. The van der Waals surface area contributed by atoms with Gasteiger partial charge in [-0.3, -0.25) is 13.9 Å². The molecule has 0 fully saturated rings. The second-order valence-corrected chi connectivity index (χ2v) is 11.1. The Morgan fingerprint density at radius 2 is 1.71 bits per heavy atom. The number of nitrogens with zero attached hydrogens (tertiary/aromatic N) is 2. The summed E-state index contributed by atoms with van der Waals surface area (Å²) >= 11 is 0. The van der Waals surface area contributed by atoms with Crippen molar-refractivity contribution in [1.82, 2.24) is 10.2 Å². The third-order valence-corrected chi connectivity index (χ3v) is 6.74. The predicted octanol–water partition coefficient (Wildman–Crippen LogP) is 2.92. The van der Waals surface area contributed by atoms with Gasteiger partial charge in [-0.1, -0.05) is 45.0 Å². The highest BCUT2D eigenvalue weighted by molar-refractivity contribution is 7.92. The number of sulfonamides is 1. The van der Waals surface area contributed by atoms with Crippen molar-refractivity contribution in [3.8, 4) is 5.75 Å². The molecule has 0 heterocycles. The largest absolute Gasteiger partial charge is 0.497 e. The molecule has 1 N–H and O–H groups in total. The first-order valence-corrected chi connectivity index (χ1v) is 12.8. The molecule has 0 aromatic heterocycles.